The Kier molecular flexibility index (Phi) is 3.70. The van der Waals surface area contributed by atoms with Crippen molar-refractivity contribution in [2.24, 2.45) is 5.92 Å². The normalized spacial score (nSPS) is 20.5. The number of rotatable bonds is 4. The summed E-state index contributed by atoms with van der Waals surface area (Å²) in [6.45, 7) is 3.75. The number of likely N-dealkylation sites (tertiary alicyclic amines) is 1. The highest BCUT2D eigenvalue weighted by molar-refractivity contribution is 5.94. The topological polar surface area (TPSA) is 79.6 Å². The molecule has 1 saturated heterocycles. The zero-order valence-electron chi connectivity index (χ0n) is 13.7. The molecule has 0 bridgehead atoms. The molecule has 4 rings (SSSR count). The number of carbonyl (C=O) groups is 2. The van der Waals surface area contributed by atoms with Gasteiger partial charge in [0, 0.05) is 38.7 Å². The highest BCUT2D eigenvalue weighted by Crippen LogP contribution is 2.28. The fraction of sp³-hybridized carbons (Fsp3) is 0.529. The van der Waals surface area contributed by atoms with Gasteiger partial charge in [-0.15, -0.1) is 10.2 Å². The molecule has 3 heterocycles. The summed E-state index contributed by atoms with van der Waals surface area (Å²) in [6.07, 6.45) is 5.11. The van der Waals surface area contributed by atoms with Crippen LogP contribution in [0, 0.1) is 5.92 Å². The minimum Gasteiger partial charge on any atom is -0.352 e. The SMILES string of the molecule is CC(=O)N1CC[C@@H](c2nnc3ccc(C(=O)NCC4CC4)cn23)C1. The Morgan fingerprint density at radius 1 is 1.25 bits per heavy atom. The van der Waals surface area contributed by atoms with Gasteiger partial charge in [-0.2, -0.15) is 0 Å². The van der Waals surface area contributed by atoms with Gasteiger partial charge in [-0.25, -0.2) is 0 Å². The van der Waals surface area contributed by atoms with E-state index in [1.165, 1.54) is 12.8 Å². The molecule has 0 radical (unpaired) electrons. The van der Waals surface area contributed by atoms with Crippen molar-refractivity contribution in [1.82, 2.24) is 24.8 Å². The van der Waals surface area contributed by atoms with Crippen molar-refractivity contribution in [3.63, 3.8) is 0 Å². The number of hydrogen-bond donors (Lipinski definition) is 1. The van der Waals surface area contributed by atoms with Gasteiger partial charge in [0.1, 0.15) is 5.82 Å². The minimum atomic E-state index is -0.0553. The van der Waals surface area contributed by atoms with Gasteiger partial charge < -0.3 is 10.2 Å². The van der Waals surface area contributed by atoms with Crippen molar-refractivity contribution in [2.75, 3.05) is 19.6 Å². The molecule has 2 aromatic heterocycles. The number of nitrogens with zero attached hydrogens (tertiary/aromatic N) is 4. The van der Waals surface area contributed by atoms with Crippen LogP contribution in [0.25, 0.3) is 5.65 Å². The third kappa shape index (κ3) is 2.86. The second kappa shape index (κ2) is 5.89. The zero-order valence-corrected chi connectivity index (χ0v) is 13.7. The lowest BCUT2D eigenvalue weighted by Crippen LogP contribution is -2.26. The van der Waals surface area contributed by atoms with Crippen LogP contribution in [0.1, 0.15) is 48.3 Å². The number of aromatic nitrogens is 3. The quantitative estimate of drug-likeness (QED) is 0.915. The van der Waals surface area contributed by atoms with Crippen LogP contribution in [-0.4, -0.2) is 50.9 Å². The van der Waals surface area contributed by atoms with Crippen LogP contribution in [0.3, 0.4) is 0 Å². The van der Waals surface area contributed by atoms with Crippen LogP contribution in [0.2, 0.25) is 0 Å². The summed E-state index contributed by atoms with van der Waals surface area (Å²) >= 11 is 0. The Morgan fingerprint density at radius 3 is 2.79 bits per heavy atom. The molecule has 126 valence electrons. The second-order valence-corrected chi connectivity index (χ2v) is 6.81. The predicted molar refractivity (Wildman–Crippen MR) is 87.7 cm³/mol. The first kappa shape index (κ1) is 15.1. The van der Waals surface area contributed by atoms with Crippen molar-refractivity contribution in [2.45, 2.75) is 32.1 Å². The predicted octanol–water partition coefficient (Wildman–Crippen LogP) is 1.20. The van der Waals surface area contributed by atoms with Gasteiger partial charge in [-0.3, -0.25) is 14.0 Å². The fourth-order valence-corrected chi connectivity index (χ4v) is 3.24. The average Bonchev–Trinajstić information content (AvgIpc) is 3.10. The molecule has 0 spiro atoms. The standard InChI is InChI=1S/C17H21N5O2/c1-11(23)21-7-6-13(9-21)16-20-19-15-5-4-14(10-22(15)16)17(24)18-8-12-2-3-12/h4-5,10,12-13H,2-3,6-9H2,1H3,(H,18,24)/t13-/m1/s1. The van der Waals surface area contributed by atoms with Gasteiger partial charge in [-0.05, 0) is 37.3 Å². The van der Waals surface area contributed by atoms with Crippen LogP contribution < -0.4 is 5.32 Å². The van der Waals surface area contributed by atoms with E-state index in [1.54, 1.807) is 13.0 Å². The molecule has 7 heteroatoms. The summed E-state index contributed by atoms with van der Waals surface area (Å²) in [5, 5.41) is 11.5. The maximum absolute atomic E-state index is 12.3. The first-order valence-electron chi connectivity index (χ1n) is 8.50. The molecule has 0 aromatic carbocycles. The van der Waals surface area contributed by atoms with E-state index in [4.69, 9.17) is 0 Å². The Balaban J connectivity index is 1.56. The number of hydrogen-bond acceptors (Lipinski definition) is 4. The van der Waals surface area contributed by atoms with E-state index >= 15 is 0 Å². The lowest BCUT2D eigenvalue weighted by atomic mass is 10.1. The molecule has 1 aliphatic heterocycles. The number of amides is 2. The third-order valence-corrected chi connectivity index (χ3v) is 4.94. The number of pyridine rings is 1. The van der Waals surface area contributed by atoms with Crippen LogP contribution in [-0.2, 0) is 4.79 Å². The molecule has 1 aliphatic carbocycles. The summed E-state index contributed by atoms with van der Waals surface area (Å²) in [7, 11) is 0. The van der Waals surface area contributed by atoms with Gasteiger partial charge in [0.2, 0.25) is 5.91 Å². The van der Waals surface area contributed by atoms with Crippen molar-refractivity contribution in [3.8, 4) is 0 Å². The van der Waals surface area contributed by atoms with Crippen LogP contribution in [0.5, 0.6) is 0 Å². The Labute approximate surface area is 140 Å². The van der Waals surface area contributed by atoms with E-state index in [-0.39, 0.29) is 17.7 Å². The van der Waals surface area contributed by atoms with Gasteiger partial charge in [0.15, 0.2) is 5.65 Å². The molecule has 2 fully saturated rings. The number of nitrogens with one attached hydrogen (secondary N) is 1. The molecule has 2 amide bonds. The average molecular weight is 327 g/mol. The lowest BCUT2D eigenvalue weighted by Gasteiger charge is -2.13. The van der Waals surface area contributed by atoms with E-state index in [9.17, 15) is 9.59 Å². The second-order valence-electron chi connectivity index (χ2n) is 6.81. The molecule has 2 aliphatic rings. The van der Waals surface area contributed by atoms with E-state index < -0.39 is 0 Å². The highest BCUT2D eigenvalue weighted by atomic mass is 16.2. The monoisotopic (exact) mass is 327 g/mol. The molecular weight excluding hydrogens is 306 g/mol. The van der Waals surface area contributed by atoms with E-state index in [0.717, 1.165) is 31.0 Å². The summed E-state index contributed by atoms with van der Waals surface area (Å²) in [4.78, 5) is 25.7. The Morgan fingerprint density at radius 2 is 2.08 bits per heavy atom. The first-order valence-corrected chi connectivity index (χ1v) is 8.50. The van der Waals surface area contributed by atoms with E-state index in [2.05, 4.69) is 15.5 Å². The summed E-state index contributed by atoms with van der Waals surface area (Å²) in [5.41, 5.74) is 1.34. The maximum Gasteiger partial charge on any atom is 0.252 e. The molecule has 1 atom stereocenters. The third-order valence-electron chi connectivity index (χ3n) is 4.94. The van der Waals surface area contributed by atoms with Crippen molar-refractivity contribution >= 4 is 17.5 Å². The zero-order chi connectivity index (χ0) is 16.7. The Hall–Kier alpha value is -2.44. The van der Waals surface area contributed by atoms with Gasteiger partial charge in [0.05, 0.1) is 5.56 Å². The molecule has 7 nitrogen and oxygen atoms in total. The van der Waals surface area contributed by atoms with E-state index in [0.29, 0.717) is 18.0 Å². The molecule has 24 heavy (non-hydrogen) atoms. The van der Waals surface area contributed by atoms with Crippen LogP contribution >= 0.6 is 0 Å². The van der Waals surface area contributed by atoms with Crippen molar-refractivity contribution < 1.29 is 9.59 Å². The number of carbonyl (C=O) groups excluding carboxylic acids is 2. The van der Waals surface area contributed by atoms with Crippen molar-refractivity contribution in [3.05, 3.63) is 29.7 Å². The smallest absolute Gasteiger partial charge is 0.252 e. The van der Waals surface area contributed by atoms with Crippen molar-refractivity contribution in [1.29, 1.82) is 0 Å². The fourth-order valence-electron chi connectivity index (χ4n) is 3.24. The summed E-state index contributed by atoms with van der Waals surface area (Å²) < 4.78 is 1.89. The van der Waals surface area contributed by atoms with Gasteiger partial charge >= 0.3 is 0 Å². The lowest BCUT2D eigenvalue weighted by molar-refractivity contribution is -0.127. The van der Waals surface area contributed by atoms with E-state index in [1.807, 2.05) is 21.6 Å². The molecule has 2 aromatic rings. The maximum atomic E-state index is 12.3. The number of fused-ring (bicyclic) bond motifs is 1. The van der Waals surface area contributed by atoms with Gasteiger partial charge in [-0.1, -0.05) is 0 Å². The molecule has 1 N–H and O–H groups in total. The van der Waals surface area contributed by atoms with Crippen LogP contribution in [0.15, 0.2) is 18.3 Å². The first-order chi connectivity index (χ1) is 11.6. The molecule has 1 saturated carbocycles. The Bertz CT molecular complexity index is 795. The summed E-state index contributed by atoms with van der Waals surface area (Å²) in [5.74, 6) is 1.67. The highest BCUT2D eigenvalue weighted by Gasteiger charge is 2.29. The van der Waals surface area contributed by atoms with Crippen LogP contribution in [0.4, 0.5) is 0 Å². The minimum absolute atomic E-state index is 0.0553. The molecular formula is C17H21N5O2. The largest absolute Gasteiger partial charge is 0.352 e. The summed E-state index contributed by atoms with van der Waals surface area (Å²) in [6, 6.07) is 3.60. The molecule has 0 unspecified atom stereocenters. The van der Waals surface area contributed by atoms with Gasteiger partial charge in [0.25, 0.3) is 5.91 Å².